The molecule has 0 spiro atoms. The van der Waals surface area contributed by atoms with Gasteiger partial charge in [0.1, 0.15) is 12.3 Å². The van der Waals surface area contributed by atoms with E-state index in [2.05, 4.69) is 0 Å². The van der Waals surface area contributed by atoms with Crippen LogP contribution in [0.4, 0.5) is 0 Å². The average molecular weight is 391 g/mol. The van der Waals surface area contributed by atoms with Gasteiger partial charge in [-0.2, -0.15) is 5.06 Å². The predicted molar refractivity (Wildman–Crippen MR) is 112 cm³/mol. The number of methoxy groups -OCH3 is 1. The van der Waals surface area contributed by atoms with Crippen molar-refractivity contribution in [2.24, 2.45) is 0 Å². The highest BCUT2D eigenvalue weighted by Gasteiger charge is 2.40. The highest BCUT2D eigenvalue weighted by molar-refractivity contribution is 5.68. The minimum Gasteiger partial charge on any atom is -0.497 e. The lowest BCUT2D eigenvalue weighted by atomic mass is 9.80. The number of hydrogen-bond acceptors (Lipinski definition) is 4. The Morgan fingerprint density at radius 3 is 1.76 bits per heavy atom. The molecule has 0 aliphatic rings. The van der Waals surface area contributed by atoms with Crippen LogP contribution in [-0.2, 0) is 15.2 Å². The molecule has 0 aliphatic carbocycles. The van der Waals surface area contributed by atoms with Crippen LogP contribution in [0.25, 0.3) is 0 Å². The van der Waals surface area contributed by atoms with Gasteiger partial charge in [-0.15, -0.1) is 0 Å². The summed E-state index contributed by atoms with van der Waals surface area (Å²) in [5.74, 6) is -0.210. The molecular formula is C24H25NO4. The maximum absolute atomic E-state index is 11.4. The van der Waals surface area contributed by atoms with Crippen molar-refractivity contribution in [1.82, 2.24) is 5.06 Å². The summed E-state index contributed by atoms with van der Waals surface area (Å²) < 4.78 is 5.32. The topological polar surface area (TPSA) is 59.0 Å². The predicted octanol–water partition coefficient (Wildman–Crippen LogP) is 4.33. The molecule has 0 bridgehead atoms. The fourth-order valence-corrected chi connectivity index (χ4v) is 3.38. The third-order valence-corrected chi connectivity index (χ3v) is 4.79. The first kappa shape index (κ1) is 20.6. The molecule has 0 aliphatic heterocycles. The molecular weight excluding hydrogens is 366 g/mol. The molecule has 0 saturated heterocycles. The summed E-state index contributed by atoms with van der Waals surface area (Å²) in [5.41, 5.74) is 1.67. The standard InChI is InChI=1S/C24H25NO4/c1-3-25(18-23(26)27)29-24(19-10-6-4-7-11-19,20-12-8-5-9-13-20)21-14-16-22(28-2)17-15-21/h4-17H,3,18H2,1-2H3,(H,26,27). The van der Waals surface area contributed by atoms with Crippen LogP contribution in [0.1, 0.15) is 23.6 Å². The van der Waals surface area contributed by atoms with Crippen molar-refractivity contribution in [1.29, 1.82) is 0 Å². The van der Waals surface area contributed by atoms with E-state index in [-0.39, 0.29) is 6.54 Å². The van der Waals surface area contributed by atoms with Gasteiger partial charge in [0.2, 0.25) is 0 Å². The molecule has 3 rings (SSSR count). The maximum atomic E-state index is 11.4. The number of carboxylic acids is 1. The molecule has 5 heteroatoms. The molecule has 0 amide bonds. The van der Waals surface area contributed by atoms with Gasteiger partial charge >= 0.3 is 5.97 Å². The second-order valence-corrected chi connectivity index (χ2v) is 6.58. The van der Waals surface area contributed by atoms with E-state index in [0.29, 0.717) is 6.54 Å². The molecule has 0 heterocycles. The SMILES string of the molecule is CCN(CC(=O)O)OC(c1ccccc1)(c1ccccc1)c1ccc(OC)cc1. The van der Waals surface area contributed by atoms with Gasteiger partial charge < -0.3 is 9.84 Å². The van der Waals surface area contributed by atoms with Gasteiger partial charge in [0.05, 0.1) is 7.11 Å². The van der Waals surface area contributed by atoms with E-state index >= 15 is 0 Å². The minimum atomic E-state index is -1.01. The van der Waals surface area contributed by atoms with E-state index in [1.54, 1.807) is 7.11 Å². The van der Waals surface area contributed by atoms with Crippen LogP contribution in [0.15, 0.2) is 84.9 Å². The first-order valence-electron chi connectivity index (χ1n) is 9.51. The van der Waals surface area contributed by atoms with Crippen molar-refractivity contribution in [2.75, 3.05) is 20.2 Å². The molecule has 5 nitrogen and oxygen atoms in total. The van der Waals surface area contributed by atoms with E-state index in [4.69, 9.17) is 9.57 Å². The molecule has 0 aromatic heterocycles. The molecule has 0 saturated carbocycles. The Morgan fingerprint density at radius 1 is 0.862 bits per heavy atom. The van der Waals surface area contributed by atoms with Crippen molar-refractivity contribution in [3.8, 4) is 5.75 Å². The van der Waals surface area contributed by atoms with E-state index in [9.17, 15) is 9.90 Å². The first-order valence-corrected chi connectivity index (χ1v) is 9.51. The highest BCUT2D eigenvalue weighted by Crippen LogP contribution is 2.41. The molecule has 0 unspecified atom stereocenters. The number of carbonyl (C=O) groups is 1. The number of aliphatic carboxylic acids is 1. The van der Waals surface area contributed by atoms with Gasteiger partial charge in [0, 0.05) is 6.54 Å². The Hall–Kier alpha value is -3.15. The van der Waals surface area contributed by atoms with Crippen LogP contribution in [0.3, 0.4) is 0 Å². The molecule has 3 aromatic rings. The van der Waals surface area contributed by atoms with Gasteiger partial charge in [0.15, 0.2) is 5.60 Å². The van der Waals surface area contributed by atoms with Gasteiger partial charge in [-0.1, -0.05) is 79.7 Å². The lowest BCUT2D eigenvalue weighted by Crippen LogP contribution is -2.42. The molecule has 29 heavy (non-hydrogen) atoms. The summed E-state index contributed by atoms with van der Waals surface area (Å²) in [5, 5.41) is 10.8. The molecule has 150 valence electrons. The Labute approximate surface area is 171 Å². The fourth-order valence-electron chi connectivity index (χ4n) is 3.38. The number of hydroxylamine groups is 2. The van der Waals surface area contributed by atoms with Crippen molar-refractivity contribution < 1.29 is 19.5 Å². The lowest BCUT2D eigenvalue weighted by Gasteiger charge is -2.39. The summed E-state index contributed by atoms with van der Waals surface area (Å²) in [6.07, 6.45) is 0. The van der Waals surface area contributed by atoms with Gasteiger partial charge in [-0.05, 0) is 28.8 Å². The van der Waals surface area contributed by atoms with E-state index in [1.807, 2.05) is 91.9 Å². The van der Waals surface area contributed by atoms with E-state index in [0.717, 1.165) is 22.4 Å². The minimum absolute atomic E-state index is 0.228. The second kappa shape index (κ2) is 9.37. The van der Waals surface area contributed by atoms with Gasteiger partial charge in [-0.25, -0.2) is 0 Å². The maximum Gasteiger partial charge on any atom is 0.320 e. The summed E-state index contributed by atoms with van der Waals surface area (Å²) >= 11 is 0. The van der Waals surface area contributed by atoms with Crippen LogP contribution < -0.4 is 4.74 Å². The zero-order valence-corrected chi connectivity index (χ0v) is 16.6. The lowest BCUT2D eigenvalue weighted by molar-refractivity contribution is -0.223. The normalized spacial score (nSPS) is 11.4. The van der Waals surface area contributed by atoms with Crippen LogP contribution in [0.5, 0.6) is 5.75 Å². The molecule has 0 fully saturated rings. The molecule has 0 atom stereocenters. The summed E-state index contributed by atoms with van der Waals surface area (Å²) in [6, 6.07) is 27.3. The summed E-state index contributed by atoms with van der Waals surface area (Å²) in [4.78, 5) is 18.0. The monoisotopic (exact) mass is 391 g/mol. The van der Waals surface area contributed by atoms with Crippen molar-refractivity contribution in [3.63, 3.8) is 0 Å². The van der Waals surface area contributed by atoms with E-state index in [1.165, 1.54) is 5.06 Å². The van der Waals surface area contributed by atoms with Crippen LogP contribution in [-0.4, -0.2) is 36.3 Å². The van der Waals surface area contributed by atoms with Crippen molar-refractivity contribution in [3.05, 3.63) is 102 Å². The van der Waals surface area contributed by atoms with Crippen LogP contribution in [0, 0.1) is 0 Å². The number of hydrogen-bond donors (Lipinski definition) is 1. The van der Waals surface area contributed by atoms with Gasteiger partial charge in [-0.3, -0.25) is 9.63 Å². The Morgan fingerprint density at radius 2 is 1.34 bits per heavy atom. The van der Waals surface area contributed by atoms with E-state index < -0.39 is 11.6 Å². The van der Waals surface area contributed by atoms with Crippen LogP contribution in [0.2, 0.25) is 0 Å². The zero-order chi connectivity index (χ0) is 20.7. The molecule has 3 aromatic carbocycles. The summed E-state index contributed by atoms with van der Waals surface area (Å²) in [7, 11) is 1.62. The quantitative estimate of drug-likeness (QED) is 0.435. The van der Waals surface area contributed by atoms with Crippen molar-refractivity contribution in [2.45, 2.75) is 12.5 Å². The number of carboxylic acid groups (broad SMARTS) is 1. The second-order valence-electron chi connectivity index (χ2n) is 6.58. The molecule has 1 N–H and O–H groups in total. The Bertz CT molecular complexity index is 871. The largest absolute Gasteiger partial charge is 0.497 e. The smallest absolute Gasteiger partial charge is 0.320 e. The zero-order valence-electron chi connectivity index (χ0n) is 16.6. The Kier molecular flexibility index (Phi) is 6.65. The average Bonchev–Trinajstić information content (AvgIpc) is 2.77. The number of rotatable bonds is 9. The number of nitrogens with zero attached hydrogens (tertiary/aromatic N) is 1. The van der Waals surface area contributed by atoms with Crippen molar-refractivity contribution >= 4 is 5.97 Å². The van der Waals surface area contributed by atoms with Crippen LogP contribution >= 0.6 is 0 Å². The molecule has 0 radical (unpaired) electrons. The number of ether oxygens (including phenoxy) is 1. The Balaban J connectivity index is 2.24. The fraction of sp³-hybridized carbons (Fsp3) is 0.208. The summed E-state index contributed by atoms with van der Waals surface area (Å²) in [6.45, 7) is 2.07. The van der Waals surface area contributed by atoms with Gasteiger partial charge in [0.25, 0.3) is 0 Å². The number of likely N-dealkylation sites (N-methyl/N-ethyl adjacent to an activating group) is 1. The highest BCUT2D eigenvalue weighted by atomic mass is 16.7. The third-order valence-electron chi connectivity index (χ3n) is 4.79. The third kappa shape index (κ3) is 4.47. The first-order chi connectivity index (χ1) is 14.1. The number of benzene rings is 3.